The number of nitrogens with zero attached hydrogens (tertiary/aromatic N) is 4. The van der Waals surface area contributed by atoms with E-state index in [1.165, 1.54) is 25.4 Å². The number of aryl methyl sites for hydroxylation is 2. The normalized spacial score (nSPS) is 14.4. The van der Waals surface area contributed by atoms with Crippen LogP contribution in [0.2, 0.25) is 0 Å². The summed E-state index contributed by atoms with van der Waals surface area (Å²) < 4.78 is 51.3. The molecule has 3 aromatic rings. The lowest BCUT2D eigenvalue weighted by Crippen LogP contribution is -2.41. The van der Waals surface area contributed by atoms with Gasteiger partial charge in [0, 0.05) is 36.9 Å². The number of carbonyl (C=O) groups is 2. The number of piperidine rings is 1. The second-order valence-electron chi connectivity index (χ2n) is 11.1. The average Bonchev–Trinajstić information content (AvgIpc) is 2.95. The average molecular weight is 586 g/mol. The molecule has 42 heavy (non-hydrogen) atoms. The van der Waals surface area contributed by atoms with Crippen molar-refractivity contribution in [3.63, 3.8) is 0 Å². The van der Waals surface area contributed by atoms with Crippen LogP contribution < -0.4 is 5.32 Å². The molecule has 4 rings (SSSR count). The van der Waals surface area contributed by atoms with Gasteiger partial charge in [0.25, 0.3) is 0 Å². The molecule has 1 N–H and O–H groups in total. The van der Waals surface area contributed by atoms with Crippen molar-refractivity contribution >= 4 is 23.7 Å². The first-order chi connectivity index (χ1) is 19.8. The van der Waals surface area contributed by atoms with E-state index in [2.05, 4.69) is 20.3 Å². The number of likely N-dealkylation sites (tertiary alicyclic amines) is 1. The highest BCUT2D eigenvalue weighted by Crippen LogP contribution is 2.33. The predicted octanol–water partition coefficient (Wildman–Crippen LogP) is 6.32. The van der Waals surface area contributed by atoms with Gasteiger partial charge in [-0.25, -0.2) is 19.6 Å². The highest BCUT2D eigenvalue weighted by atomic mass is 19.4. The molecule has 1 aliphatic heterocycles. The van der Waals surface area contributed by atoms with Crippen LogP contribution in [-0.4, -0.2) is 57.7 Å². The van der Waals surface area contributed by atoms with Crippen molar-refractivity contribution in [2.24, 2.45) is 0 Å². The molecule has 9 nitrogen and oxygen atoms in total. The van der Waals surface area contributed by atoms with E-state index in [1.807, 2.05) is 45.0 Å². The SMILES string of the molecule is COC(=O)c1ccnc(CCc2nc(Nc3ccc(C4CCN(C(=O)OC(C)(C)C)CC4)cc3)ncc2C(F)(F)F)c1. The monoisotopic (exact) mass is 585 g/mol. The van der Waals surface area contributed by atoms with Gasteiger partial charge in [-0.3, -0.25) is 4.98 Å². The Bertz CT molecular complexity index is 1400. The van der Waals surface area contributed by atoms with Gasteiger partial charge in [-0.15, -0.1) is 0 Å². The Morgan fingerprint density at radius 1 is 1.02 bits per heavy atom. The second-order valence-corrected chi connectivity index (χ2v) is 11.1. The third kappa shape index (κ3) is 8.17. The van der Waals surface area contributed by atoms with E-state index >= 15 is 0 Å². The van der Waals surface area contributed by atoms with Crippen molar-refractivity contribution in [2.75, 3.05) is 25.5 Å². The van der Waals surface area contributed by atoms with Crippen molar-refractivity contribution in [3.05, 3.63) is 76.9 Å². The van der Waals surface area contributed by atoms with Crippen LogP contribution in [0.3, 0.4) is 0 Å². The summed E-state index contributed by atoms with van der Waals surface area (Å²) in [7, 11) is 1.25. The standard InChI is InChI=1S/C30H34F3N5O4/c1-29(2,3)42-28(40)38-15-12-20(13-16-38)19-5-7-22(8-6-19)36-27-35-18-24(30(31,32)33)25(37-27)10-9-23-17-21(11-14-34-23)26(39)41-4/h5-8,11,14,17-18,20H,9-10,12-13,15-16H2,1-4H3,(H,35,36,37). The number of nitrogens with one attached hydrogen (secondary N) is 1. The van der Waals surface area contributed by atoms with Crippen LogP contribution in [0.5, 0.6) is 0 Å². The third-order valence-electron chi connectivity index (χ3n) is 6.81. The number of rotatable bonds is 7. The number of benzene rings is 1. The Labute approximate surface area is 242 Å². The molecule has 2 aromatic heterocycles. The molecule has 0 atom stereocenters. The summed E-state index contributed by atoms with van der Waals surface area (Å²) >= 11 is 0. The van der Waals surface area contributed by atoms with Crippen LogP contribution in [0.25, 0.3) is 0 Å². The minimum absolute atomic E-state index is 0.0349. The fraction of sp³-hybridized carbons (Fsp3) is 0.433. The molecule has 0 saturated carbocycles. The first kappa shape index (κ1) is 30.7. The maximum Gasteiger partial charge on any atom is 0.419 e. The van der Waals surface area contributed by atoms with Gasteiger partial charge in [0.15, 0.2) is 0 Å². The van der Waals surface area contributed by atoms with Crippen LogP contribution in [0.1, 0.15) is 72.4 Å². The Balaban J connectivity index is 1.41. The minimum atomic E-state index is -4.63. The fourth-order valence-electron chi connectivity index (χ4n) is 4.70. The molecule has 224 valence electrons. The van der Waals surface area contributed by atoms with Gasteiger partial charge >= 0.3 is 18.2 Å². The number of alkyl halides is 3. The van der Waals surface area contributed by atoms with Crippen molar-refractivity contribution in [2.45, 2.75) is 64.1 Å². The number of anilines is 2. The molecule has 0 unspecified atom stereocenters. The second kappa shape index (κ2) is 12.7. The number of ether oxygens (including phenoxy) is 2. The molecule has 0 spiro atoms. The number of hydrogen-bond donors (Lipinski definition) is 1. The lowest BCUT2D eigenvalue weighted by Gasteiger charge is -2.33. The molecule has 1 fully saturated rings. The predicted molar refractivity (Wildman–Crippen MR) is 150 cm³/mol. The highest BCUT2D eigenvalue weighted by Gasteiger charge is 2.35. The lowest BCUT2D eigenvalue weighted by molar-refractivity contribution is -0.138. The van der Waals surface area contributed by atoms with Crippen molar-refractivity contribution < 1.29 is 32.2 Å². The zero-order valence-corrected chi connectivity index (χ0v) is 24.0. The molecular weight excluding hydrogens is 551 g/mol. The Kier molecular flexibility index (Phi) is 9.33. The smallest absolute Gasteiger partial charge is 0.419 e. The number of amides is 1. The number of hydrogen-bond acceptors (Lipinski definition) is 8. The van der Waals surface area contributed by atoms with Crippen molar-refractivity contribution in [1.82, 2.24) is 19.9 Å². The van der Waals surface area contributed by atoms with E-state index in [1.54, 1.807) is 4.90 Å². The summed E-state index contributed by atoms with van der Waals surface area (Å²) in [6.07, 6.45) is -1.08. The molecule has 0 aliphatic carbocycles. The molecule has 0 radical (unpaired) electrons. The number of aromatic nitrogens is 3. The van der Waals surface area contributed by atoms with Gasteiger partial charge in [0.1, 0.15) is 5.60 Å². The lowest BCUT2D eigenvalue weighted by atomic mass is 9.89. The molecule has 12 heteroatoms. The van der Waals surface area contributed by atoms with E-state index in [9.17, 15) is 22.8 Å². The largest absolute Gasteiger partial charge is 0.465 e. The van der Waals surface area contributed by atoms with Gasteiger partial charge in [-0.1, -0.05) is 12.1 Å². The highest BCUT2D eigenvalue weighted by molar-refractivity contribution is 5.89. The number of pyridine rings is 1. The van der Waals surface area contributed by atoms with Crippen LogP contribution in [0, 0.1) is 0 Å². The topological polar surface area (TPSA) is 107 Å². The van der Waals surface area contributed by atoms with Gasteiger partial charge in [-0.05, 0) is 82.2 Å². The van der Waals surface area contributed by atoms with Crippen molar-refractivity contribution in [1.29, 1.82) is 0 Å². The molecule has 0 bridgehead atoms. The van der Waals surface area contributed by atoms with E-state index in [0.717, 1.165) is 24.6 Å². The molecule has 1 saturated heterocycles. The minimum Gasteiger partial charge on any atom is -0.465 e. The van der Waals surface area contributed by atoms with Gasteiger partial charge in [0.05, 0.1) is 23.9 Å². The van der Waals surface area contributed by atoms with Gasteiger partial charge in [-0.2, -0.15) is 13.2 Å². The molecule has 3 heterocycles. The first-order valence-corrected chi connectivity index (χ1v) is 13.6. The Morgan fingerprint density at radius 3 is 2.33 bits per heavy atom. The quantitative estimate of drug-likeness (QED) is 0.321. The molecule has 1 aromatic carbocycles. The molecule has 1 aliphatic rings. The van der Waals surface area contributed by atoms with Crippen LogP contribution in [-0.2, 0) is 28.5 Å². The van der Waals surface area contributed by atoms with E-state index in [0.29, 0.717) is 24.5 Å². The van der Waals surface area contributed by atoms with E-state index < -0.39 is 23.3 Å². The first-order valence-electron chi connectivity index (χ1n) is 13.6. The van der Waals surface area contributed by atoms with E-state index in [-0.39, 0.29) is 42.1 Å². The van der Waals surface area contributed by atoms with E-state index in [4.69, 9.17) is 9.47 Å². The Hall–Kier alpha value is -4.22. The summed E-state index contributed by atoms with van der Waals surface area (Å²) in [4.78, 5) is 38.1. The maximum atomic E-state index is 13.7. The summed E-state index contributed by atoms with van der Waals surface area (Å²) in [5.74, 6) is -0.244. The van der Waals surface area contributed by atoms with Crippen LogP contribution >= 0.6 is 0 Å². The van der Waals surface area contributed by atoms with Gasteiger partial charge in [0.2, 0.25) is 5.95 Å². The van der Waals surface area contributed by atoms with Crippen LogP contribution in [0.15, 0.2) is 48.8 Å². The number of halogens is 3. The third-order valence-corrected chi connectivity index (χ3v) is 6.81. The number of methoxy groups -OCH3 is 1. The summed E-state index contributed by atoms with van der Waals surface area (Å²) in [6, 6.07) is 10.5. The Morgan fingerprint density at radius 2 is 1.71 bits per heavy atom. The molecule has 1 amide bonds. The van der Waals surface area contributed by atoms with Crippen LogP contribution in [0.4, 0.5) is 29.6 Å². The number of carbonyl (C=O) groups excluding carboxylic acids is 2. The van der Waals surface area contributed by atoms with Crippen molar-refractivity contribution in [3.8, 4) is 0 Å². The fourth-order valence-corrected chi connectivity index (χ4v) is 4.70. The maximum absolute atomic E-state index is 13.7. The van der Waals surface area contributed by atoms with Gasteiger partial charge < -0.3 is 19.7 Å². The summed E-state index contributed by atoms with van der Waals surface area (Å²) in [6.45, 7) is 6.73. The zero-order chi connectivity index (χ0) is 30.5. The number of esters is 1. The summed E-state index contributed by atoms with van der Waals surface area (Å²) in [5, 5.41) is 2.99. The molecular formula is C30H34F3N5O4. The zero-order valence-electron chi connectivity index (χ0n) is 24.0. The summed E-state index contributed by atoms with van der Waals surface area (Å²) in [5.41, 5.74) is 0.794.